The van der Waals surface area contributed by atoms with Crippen LogP contribution in [0.25, 0.3) is 15.9 Å². The molecule has 0 spiro atoms. The van der Waals surface area contributed by atoms with Gasteiger partial charge in [-0.05, 0) is 41.1 Å². The molecule has 0 fully saturated rings. The summed E-state index contributed by atoms with van der Waals surface area (Å²) in [4.78, 5) is 14.4. The lowest BCUT2D eigenvalue weighted by atomic mass is 10.2. The van der Waals surface area contributed by atoms with Gasteiger partial charge in [0, 0.05) is 18.6 Å². The second-order valence-electron chi connectivity index (χ2n) is 5.61. The van der Waals surface area contributed by atoms with Crippen molar-refractivity contribution in [3.63, 3.8) is 0 Å². The van der Waals surface area contributed by atoms with Crippen molar-refractivity contribution in [2.75, 3.05) is 5.32 Å². The zero-order valence-electron chi connectivity index (χ0n) is 13.5. The topological polar surface area (TPSA) is 64.7 Å². The van der Waals surface area contributed by atoms with Crippen LogP contribution in [-0.4, -0.2) is 25.5 Å². The zero-order valence-corrected chi connectivity index (χ0v) is 15.9. The van der Waals surface area contributed by atoms with Crippen LogP contribution in [0.3, 0.4) is 0 Å². The van der Waals surface area contributed by atoms with Gasteiger partial charge < -0.3 is 5.32 Å². The van der Waals surface area contributed by atoms with E-state index in [-0.39, 0.29) is 5.91 Å². The second-order valence-corrected chi connectivity index (χ2v) is 7.56. The van der Waals surface area contributed by atoms with E-state index in [0.717, 1.165) is 26.1 Å². The fraction of sp³-hybridized carbons (Fsp3) is 0.118. The van der Waals surface area contributed by atoms with Crippen LogP contribution >= 0.6 is 27.3 Å². The molecule has 3 aromatic heterocycles. The van der Waals surface area contributed by atoms with Crippen LogP contribution in [0.2, 0.25) is 0 Å². The number of para-hydroxylation sites is 2. The van der Waals surface area contributed by atoms with Crippen molar-refractivity contribution in [1.82, 2.24) is 19.6 Å². The van der Waals surface area contributed by atoms with Crippen molar-refractivity contribution in [3.8, 4) is 5.69 Å². The SMILES string of the molecule is Cc1nn(C)c2sc(C(=O)Nc3ccccc3-n3cc(Br)cn3)cc12. The van der Waals surface area contributed by atoms with Gasteiger partial charge in [0.1, 0.15) is 4.83 Å². The quantitative estimate of drug-likeness (QED) is 0.546. The van der Waals surface area contributed by atoms with Gasteiger partial charge in [-0.3, -0.25) is 9.48 Å². The highest BCUT2D eigenvalue weighted by molar-refractivity contribution is 9.10. The van der Waals surface area contributed by atoms with Crippen LogP contribution in [0.4, 0.5) is 5.69 Å². The number of carbonyl (C=O) groups is 1. The fourth-order valence-corrected chi connectivity index (χ4v) is 4.02. The van der Waals surface area contributed by atoms with Crippen molar-refractivity contribution in [2.24, 2.45) is 7.05 Å². The van der Waals surface area contributed by atoms with E-state index in [9.17, 15) is 4.79 Å². The number of halogens is 1. The summed E-state index contributed by atoms with van der Waals surface area (Å²) in [6.07, 6.45) is 3.56. The highest BCUT2D eigenvalue weighted by atomic mass is 79.9. The standard InChI is InChI=1S/C17H14BrN5OS/c1-10-12-7-15(25-17(12)22(2)21-10)16(24)20-13-5-3-4-6-14(13)23-9-11(18)8-19-23/h3-9H,1-2H3,(H,20,24). The molecule has 0 unspecified atom stereocenters. The number of carbonyl (C=O) groups excluding carboxylic acids is 1. The van der Waals surface area contributed by atoms with E-state index in [1.165, 1.54) is 11.3 Å². The Morgan fingerprint density at radius 3 is 2.84 bits per heavy atom. The molecule has 0 saturated carbocycles. The van der Waals surface area contributed by atoms with Crippen molar-refractivity contribution < 1.29 is 4.79 Å². The average Bonchev–Trinajstić information content (AvgIpc) is 3.27. The summed E-state index contributed by atoms with van der Waals surface area (Å²) in [6.45, 7) is 1.95. The Morgan fingerprint density at radius 1 is 1.32 bits per heavy atom. The summed E-state index contributed by atoms with van der Waals surface area (Å²) in [7, 11) is 1.89. The highest BCUT2D eigenvalue weighted by Crippen LogP contribution is 2.29. The summed E-state index contributed by atoms with van der Waals surface area (Å²) in [5, 5.41) is 12.7. The highest BCUT2D eigenvalue weighted by Gasteiger charge is 2.16. The Balaban J connectivity index is 1.67. The van der Waals surface area contributed by atoms with Crippen LogP contribution in [0.1, 0.15) is 15.4 Å². The number of aryl methyl sites for hydroxylation is 2. The van der Waals surface area contributed by atoms with Crippen molar-refractivity contribution in [1.29, 1.82) is 0 Å². The maximum Gasteiger partial charge on any atom is 0.265 e. The van der Waals surface area contributed by atoms with Crippen LogP contribution in [0.15, 0.2) is 47.2 Å². The third kappa shape index (κ3) is 2.87. The molecule has 6 nitrogen and oxygen atoms in total. The van der Waals surface area contributed by atoms with Crippen molar-refractivity contribution >= 4 is 49.1 Å². The van der Waals surface area contributed by atoms with Crippen molar-refractivity contribution in [3.05, 3.63) is 57.8 Å². The molecule has 1 amide bonds. The van der Waals surface area contributed by atoms with Gasteiger partial charge in [0.25, 0.3) is 5.91 Å². The molecule has 1 N–H and O–H groups in total. The second kappa shape index (κ2) is 6.12. The van der Waals surface area contributed by atoms with E-state index < -0.39 is 0 Å². The number of nitrogens with one attached hydrogen (secondary N) is 1. The fourth-order valence-electron chi connectivity index (χ4n) is 2.71. The number of hydrogen-bond donors (Lipinski definition) is 1. The molecular weight excluding hydrogens is 402 g/mol. The number of thiophene rings is 1. The van der Waals surface area contributed by atoms with E-state index in [1.54, 1.807) is 15.6 Å². The molecule has 0 saturated heterocycles. The van der Waals surface area contributed by atoms with E-state index in [4.69, 9.17) is 0 Å². The number of amides is 1. The minimum Gasteiger partial charge on any atom is -0.319 e. The molecule has 126 valence electrons. The molecule has 4 aromatic rings. The summed E-state index contributed by atoms with van der Waals surface area (Å²) in [5.41, 5.74) is 2.44. The Bertz CT molecular complexity index is 1060. The largest absolute Gasteiger partial charge is 0.319 e. The smallest absolute Gasteiger partial charge is 0.265 e. The number of anilines is 1. The predicted molar refractivity (Wildman–Crippen MR) is 103 cm³/mol. The maximum absolute atomic E-state index is 12.7. The van der Waals surface area contributed by atoms with Gasteiger partial charge in [-0.1, -0.05) is 12.1 Å². The molecule has 0 atom stereocenters. The first-order valence-electron chi connectivity index (χ1n) is 7.57. The van der Waals surface area contributed by atoms with Gasteiger partial charge in [-0.25, -0.2) is 4.68 Å². The van der Waals surface area contributed by atoms with Crippen LogP contribution < -0.4 is 5.32 Å². The zero-order chi connectivity index (χ0) is 17.6. The van der Waals surface area contributed by atoms with E-state index in [2.05, 4.69) is 31.4 Å². The predicted octanol–water partition coefficient (Wildman–Crippen LogP) is 4.14. The number of fused-ring (bicyclic) bond motifs is 1. The van der Waals surface area contributed by atoms with Crippen LogP contribution in [0, 0.1) is 6.92 Å². The molecule has 0 bridgehead atoms. The summed E-state index contributed by atoms with van der Waals surface area (Å²) >= 11 is 4.83. The van der Waals surface area contributed by atoms with Gasteiger partial charge >= 0.3 is 0 Å². The van der Waals surface area contributed by atoms with Gasteiger partial charge in [-0.15, -0.1) is 11.3 Å². The molecule has 0 aliphatic carbocycles. The van der Waals surface area contributed by atoms with Gasteiger partial charge in [0.05, 0.1) is 32.6 Å². The molecule has 4 rings (SSSR count). The Morgan fingerprint density at radius 2 is 2.12 bits per heavy atom. The van der Waals surface area contributed by atoms with E-state index in [1.807, 2.05) is 50.5 Å². The summed E-state index contributed by atoms with van der Waals surface area (Å²) < 4.78 is 4.40. The third-order valence-electron chi connectivity index (χ3n) is 3.87. The number of rotatable bonds is 3. The lowest BCUT2D eigenvalue weighted by molar-refractivity contribution is 0.103. The molecule has 0 aliphatic heterocycles. The maximum atomic E-state index is 12.7. The molecule has 0 aliphatic rings. The van der Waals surface area contributed by atoms with Crippen LogP contribution in [0.5, 0.6) is 0 Å². The Labute approximate surface area is 156 Å². The van der Waals surface area contributed by atoms with Gasteiger partial charge in [-0.2, -0.15) is 10.2 Å². The molecule has 1 aromatic carbocycles. The normalized spacial score (nSPS) is 11.2. The number of nitrogens with zero attached hydrogens (tertiary/aromatic N) is 4. The first-order chi connectivity index (χ1) is 12.0. The lowest BCUT2D eigenvalue weighted by Crippen LogP contribution is -2.12. The third-order valence-corrected chi connectivity index (χ3v) is 5.48. The Hall–Kier alpha value is -2.45. The van der Waals surface area contributed by atoms with E-state index in [0.29, 0.717) is 10.6 Å². The molecule has 8 heteroatoms. The minimum atomic E-state index is -0.140. The number of aromatic nitrogens is 4. The van der Waals surface area contributed by atoms with Crippen molar-refractivity contribution in [2.45, 2.75) is 6.92 Å². The number of benzene rings is 1. The molecular formula is C17H14BrN5OS. The summed E-state index contributed by atoms with van der Waals surface area (Å²) in [6, 6.07) is 9.47. The van der Waals surface area contributed by atoms with Gasteiger partial charge in [0.15, 0.2) is 0 Å². The summed E-state index contributed by atoms with van der Waals surface area (Å²) in [5.74, 6) is -0.140. The van der Waals surface area contributed by atoms with Crippen LogP contribution in [-0.2, 0) is 7.05 Å². The number of hydrogen-bond acceptors (Lipinski definition) is 4. The van der Waals surface area contributed by atoms with Gasteiger partial charge in [0.2, 0.25) is 0 Å². The lowest BCUT2D eigenvalue weighted by Gasteiger charge is -2.10. The first-order valence-corrected chi connectivity index (χ1v) is 9.18. The minimum absolute atomic E-state index is 0.140. The monoisotopic (exact) mass is 415 g/mol. The molecule has 0 radical (unpaired) electrons. The molecule has 25 heavy (non-hydrogen) atoms. The Kier molecular flexibility index (Phi) is 3.93. The first kappa shape index (κ1) is 16.0. The van der Waals surface area contributed by atoms with E-state index >= 15 is 0 Å². The molecule has 3 heterocycles. The average molecular weight is 416 g/mol.